The molecule has 0 saturated carbocycles. The number of carbonyl (C=O) groups excluding carboxylic acids is 1. The summed E-state index contributed by atoms with van der Waals surface area (Å²) >= 11 is 0. The van der Waals surface area contributed by atoms with Crippen LogP contribution in [0.2, 0.25) is 0 Å². The summed E-state index contributed by atoms with van der Waals surface area (Å²) in [5.41, 5.74) is 3.30. The summed E-state index contributed by atoms with van der Waals surface area (Å²) in [6, 6.07) is 11.4. The molecule has 1 aromatic heterocycles. The highest BCUT2D eigenvalue weighted by atomic mass is 16.1. The zero-order valence-corrected chi connectivity index (χ0v) is 9.40. The molecule has 1 aliphatic carbocycles. The predicted molar refractivity (Wildman–Crippen MR) is 64.5 cm³/mol. The van der Waals surface area contributed by atoms with Crippen LogP contribution in [0.1, 0.15) is 29.9 Å². The van der Waals surface area contributed by atoms with Crippen molar-refractivity contribution in [1.29, 1.82) is 0 Å². The molecule has 0 fully saturated rings. The van der Waals surface area contributed by atoms with Crippen LogP contribution in [0.25, 0.3) is 11.1 Å². The van der Waals surface area contributed by atoms with E-state index in [1.165, 1.54) is 0 Å². The molecule has 16 heavy (non-hydrogen) atoms. The number of fused-ring (bicyclic) bond motifs is 3. The lowest BCUT2D eigenvalue weighted by Gasteiger charge is -1.95. The number of pyridine rings is 1. The second-order valence-electron chi connectivity index (χ2n) is 3.27. The number of aromatic nitrogens is 1. The molecule has 0 spiro atoms. The molecular weight excluding hydrogens is 198 g/mol. The maximum Gasteiger partial charge on any atom is 0.212 e. The van der Waals surface area contributed by atoms with E-state index < -0.39 is 0 Å². The molecule has 2 aromatic rings. The minimum atomic E-state index is 0.0381. The number of hydrogen-bond donors (Lipinski definition) is 0. The van der Waals surface area contributed by atoms with Gasteiger partial charge < -0.3 is 0 Å². The molecule has 0 aliphatic heterocycles. The summed E-state index contributed by atoms with van der Waals surface area (Å²) in [6.45, 7) is 4.00. The Bertz CT molecular complexity index is 484. The summed E-state index contributed by atoms with van der Waals surface area (Å²) in [6.07, 6.45) is 1.66. The molecular formula is C14H13NO. The topological polar surface area (TPSA) is 30.0 Å². The van der Waals surface area contributed by atoms with Crippen molar-refractivity contribution in [3.63, 3.8) is 0 Å². The van der Waals surface area contributed by atoms with Gasteiger partial charge in [-0.1, -0.05) is 44.2 Å². The molecule has 2 nitrogen and oxygen atoms in total. The first-order valence-electron chi connectivity index (χ1n) is 5.47. The van der Waals surface area contributed by atoms with Gasteiger partial charge in [-0.15, -0.1) is 0 Å². The van der Waals surface area contributed by atoms with Crippen molar-refractivity contribution in [2.24, 2.45) is 0 Å². The van der Waals surface area contributed by atoms with Gasteiger partial charge in [0.05, 0.1) is 0 Å². The normalized spacial score (nSPS) is 11.2. The molecule has 0 N–H and O–H groups in total. The van der Waals surface area contributed by atoms with E-state index in [0.717, 1.165) is 16.7 Å². The van der Waals surface area contributed by atoms with Crippen LogP contribution in [0.4, 0.5) is 0 Å². The smallest absolute Gasteiger partial charge is 0.212 e. The number of hydrogen-bond acceptors (Lipinski definition) is 2. The van der Waals surface area contributed by atoms with Gasteiger partial charge in [0.1, 0.15) is 5.69 Å². The monoisotopic (exact) mass is 211 g/mol. The average Bonchev–Trinajstić information content (AvgIpc) is 2.67. The second kappa shape index (κ2) is 4.27. The van der Waals surface area contributed by atoms with Gasteiger partial charge in [0, 0.05) is 17.3 Å². The number of carbonyl (C=O) groups is 1. The largest absolute Gasteiger partial charge is 0.287 e. The van der Waals surface area contributed by atoms with Crippen LogP contribution in [-0.4, -0.2) is 10.8 Å². The van der Waals surface area contributed by atoms with E-state index in [9.17, 15) is 4.79 Å². The van der Waals surface area contributed by atoms with E-state index >= 15 is 0 Å². The molecule has 0 saturated heterocycles. The molecule has 2 heteroatoms. The molecule has 0 bridgehead atoms. The molecule has 1 aromatic carbocycles. The van der Waals surface area contributed by atoms with Crippen LogP contribution in [0, 0.1) is 0 Å². The van der Waals surface area contributed by atoms with Crippen molar-refractivity contribution in [2.75, 3.05) is 0 Å². The van der Waals surface area contributed by atoms with Crippen molar-refractivity contribution in [1.82, 2.24) is 4.98 Å². The average molecular weight is 211 g/mol. The minimum absolute atomic E-state index is 0.0381. The Kier molecular flexibility index (Phi) is 2.82. The number of rotatable bonds is 0. The molecule has 80 valence electrons. The standard InChI is InChI=1S/C12H7NO.C2H6/c14-12-10-5-2-1-4-8(10)9-6-3-7-13-11(9)12;1-2/h1-7H;1-2H3. The molecule has 0 atom stereocenters. The van der Waals surface area contributed by atoms with Crippen LogP contribution in [-0.2, 0) is 0 Å². The summed E-state index contributed by atoms with van der Waals surface area (Å²) in [5.74, 6) is 0.0381. The summed E-state index contributed by atoms with van der Waals surface area (Å²) in [5, 5.41) is 0. The van der Waals surface area contributed by atoms with E-state index in [4.69, 9.17) is 0 Å². The second-order valence-corrected chi connectivity index (χ2v) is 3.27. The van der Waals surface area contributed by atoms with Crippen LogP contribution in [0.15, 0.2) is 42.6 Å². The van der Waals surface area contributed by atoms with Gasteiger partial charge in [-0.05, 0) is 11.6 Å². The van der Waals surface area contributed by atoms with E-state index in [0.29, 0.717) is 5.69 Å². The number of ketones is 1. The van der Waals surface area contributed by atoms with Crippen molar-refractivity contribution in [3.05, 3.63) is 53.9 Å². The zero-order valence-electron chi connectivity index (χ0n) is 9.40. The Hall–Kier alpha value is -1.96. The molecule has 0 amide bonds. The Balaban J connectivity index is 0.000000457. The maximum atomic E-state index is 11.8. The van der Waals surface area contributed by atoms with Gasteiger partial charge in [-0.2, -0.15) is 0 Å². The Morgan fingerprint density at radius 2 is 1.50 bits per heavy atom. The molecule has 0 unspecified atom stereocenters. The fourth-order valence-electron chi connectivity index (χ4n) is 1.85. The van der Waals surface area contributed by atoms with Crippen molar-refractivity contribution < 1.29 is 4.79 Å². The Morgan fingerprint density at radius 1 is 0.875 bits per heavy atom. The number of nitrogens with zero attached hydrogens (tertiary/aromatic N) is 1. The predicted octanol–water partition coefficient (Wildman–Crippen LogP) is 3.32. The van der Waals surface area contributed by atoms with Crippen LogP contribution >= 0.6 is 0 Å². The van der Waals surface area contributed by atoms with Crippen LogP contribution < -0.4 is 0 Å². The van der Waals surface area contributed by atoms with Gasteiger partial charge >= 0.3 is 0 Å². The highest BCUT2D eigenvalue weighted by molar-refractivity contribution is 6.20. The molecule has 0 radical (unpaired) electrons. The molecule has 1 aliphatic rings. The summed E-state index contributed by atoms with van der Waals surface area (Å²) < 4.78 is 0. The van der Waals surface area contributed by atoms with Crippen LogP contribution in [0.5, 0.6) is 0 Å². The lowest BCUT2D eigenvalue weighted by atomic mass is 10.1. The first kappa shape index (κ1) is 10.6. The van der Waals surface area contributed by atoms with Gasteiger partial charge in [0.25, 0.3) is 0 Å². The third-order valence-corrected chi connectivity index (χ3v) is 2.48. The van der Waals surface area contributed by atoms with Crippen molar-refractivity contribution in [3.8, 4) is 11.1 Å². The third kappa shape index (κ3) is 1.43. The van der Waals surface area contributed by atoms with Gasteiger partial charge in [-0.3, -0.25) is 9.78 Å². The highest BCUT2D eigenvalue weighted by Crippen LogP contribution is 2.34. The lowest BCUT2D eigenvalue weighted by molar-refractivity contribution is 0.103. The van der Waals surface area contributed by atoms with Crippen molar-refractivity contribution in [2.45, 2.75) is 13.8 Å². The highest BCUT2D eigenvalue weighted by Gasteiger charge is 2.26. The van der Waals surface area contributed by atoms with E-state index in [-0.39, 0.29) is 5.78 Å². The lowest BCUT2D eigenvalue weighted by Crippen LogP contribution is -1.96. The Labute approximate surface area is 95.0 Å². The fraction of sp³-hybridized carbons (Fsp3) is 0.143. The van der Waals surface area contributed by atoms with E-state index in [2.05, 4.69) is 4.98 Å². The van der Waals surface area contributed by atoms with Gasteiger partial charge in [-0.25, -0.2) is 0 Å². The third-order valence-electron chi connectivity index (χ3n) is 2.48. The summed E-state index contributed by atoms with van der Waals surface area (Å²) in [7, 11) is 0. The first-order valence-corrected chi connectivity index (χ1v) is 5.47. The zero-order chi connectivity index (χ0) is 11.5. The van der Waals surface area contributed by atoms with Gasteiger partial charge in [0.15, 0.2) is 0 Å². The molecule has 1 heterocycles. The van der Waals surface area contributed by atoms with E-state index in [1.807, 2.05) is 50.2 Å². The molecule has 3 rings (SSSR count). The summed E-state index contributed by atoms with van der Waals surface area (Å²) in [4.78, 5) is 15.9. The van der Waals surface area contributed by atoms with Gasteiger partial charge in [0.2, 0.25) is 5.78 Å². The quantitative estimate of drug-likeness (QED) is 0.571. The first-order chi connectivity index (χ1) is 7.88. The SMILES string of the molecule is CC.O=C1c2ccccc2-c2cccnc21. The van der Waals surface area contributed by atoms with E-state index in [1.54, 1.807) is 6.20 Å². The minimum Gasteiger partial charge on any atom is -0.287 e. The number of benzene rings is 1. The van der Waals surface area contributed by atoms with Crippen molar-refractivity contribution >= 4 is 5.78 Å². The fourth-order valence-corrected chi connectivity index (χ4v) is 1.85. The Morgan fingerprint density at radius 3 is 2.25 bits per heavy atom. The van der Waals surface area contributed by atoms with Crippen LogP contribution in [0.3, 0.4) is 0 Å². The maximum absolute atomic E-state index is 11.8.